The van der Waals surface area contributed by atoms with Crippen LogP contribution in [0.15, 0.2) is 53.5 Å². The van der Waals surface area contributed by atoms with Gasteiger partial charge in [-0.1, -0.05) is 12.1 Å². The van der Waals surface area contributed by atoms with Crippen LogP contribution in [0.25, 0.3) is 11.0 Å². The third-order valence-corrected chi connectivity index (χ3v) is 8.89. The summed E-state index contributed by atoms with van der Waals surface area (Å²) in [5.74, 6) is 0.564. The molecule has 9 nitrogen and oxygen atoms in total. The van der Waals surface area contributed by atoms with Crippen LogP contribution >= 0.6 is 0 Å². The highest BCUT2D eigenvalue weighted by Gasteiger charge is 2.36. The Morgan fingerprint density at radius 1 is 1.03 bits per heavy atom. The van der Waals surface area contributed by atoms with E-state index < -0.39 is 0 Å². The maximum atomic E-state index is 12.7. The van der Waals surface area contributed by atoms with Crippen LogP contribution in [0.3, 0.4) is 0 Å². The molecular formula is C30H38N6O3. The Balaban J connectivity index is 0.969. The number of benzene rings is 1. The van der Waals surface area contributed by atoms with Gasteiger partial charge >= 0.3 is 0 Å². The van der Waals surface area contributed by atoms with Crippen molar-refractivity contribution >= 4 is 22.4 Å². The average molecular weight is 531 g/mol. The minimum atomic E-state index is -0.0309. The number of nitrogens with one attached hydrogen (secondary N) is 1. The van der Waals surface area contributed by atoms with Crippen molar-refractivity contribution in [1.29, 1.82) is 0 Å². The van der Waals surface area contributed by atoms with E-state index in [9.17, 15) is 4.79 Å². The Bertz CT molecular complexity index is 1370. The third kappa shape index (κ3) is 4.82. The second kappa shape index (κ2) is 10.2. The lowest BCUT2D eigenvalue weighted by Crippen LogP contribution is -2.55. The highest BCUT2D eigenvalue weighted by atomic mass is 16.5. The van der Waals surface area contributed by atoms with E-state index in [1.807, 2.05) is 6.07 Å². The van der Waals surface area contributed by atoms with E-state index in [0.717, 1.165) is 75.7 Å². The molecule has 4 aliphatic heterocycles. The molecule has 206 valence electrons. The molecule has 39 heavy (non-hydrogen) atoms. The molecule has 4 atom stereocenters. The average Bonchev–Trinajstić information content (AvgIpc) is 3.37. The number of morpholine rings is 2. The van der Waals surface area contributed by atoms with Crippen LogP contribution < -0.4 is 20.7 Å². The molecule has 0 spiro atoms. The first-order chi connectivity index (χ1) is 19.0. The van der Waals surface area contributed by atoms with Crippen molar-refractivity contribution in [2.75, 3.05) is 68.8 Å². The zero-order valence-electron chi connectivity index (χ0n) is 22.8. The smallest absolute Gasteiger partial charge is 0.253 e. The fourth-order valence-electron chi connectivity index (χ4n) is 6.84. The van der Waals surface area contributed by atoms with Gasteiger partial charge in [-0.15, -0.1) is 0 Å². The van der Waals surface area contributed by atoms with Gasteiger partial charge in [0, 0.05) is 88.7 Å². The molecule has 0 unspecified atom stereocenters. The van der Waals surface area contributed by atoms with Gasteiger partial charge in [-0.25, -0.2) is 4.98 Å². The van der Waals surface area contributed by atoms with Crippen LogP contribution in [-0.2, 0) is 16.5 Å². The summed E-state index contributed by atoms with van der Waals surface area (Å²) in [6.07, 6.45) is 2.25. The summed E-state index contributed by atoms with van der Waals surface area (Å²) in [7, 11) is 1.78. The summed E-state index contributed by atoms with van der Waals surface area (Å²) < 4.78 is 13.9. The van der Waals surface area contributed by atoms with Gasteiger partial charge in [-0.2, -0.15) is 0 Å². The Hall–Kier alpha value is -2.98. The van der Waals surface area contributed by atoms with E-state index in [-0.39, 0.29) is 17.8 Å². The summed E-state index contributed by atoms with van der Waals surface area (Å²) in [6.45, 7) is 10.4. The van der Waals surface area contributed by atoms with Crippen molar-refractivity contribution in [1.82, 2.24) is 19.8 Å². The van der Waals surface area contributed by atoms with Crippen molar-refractivity contribution < 1.29 is 9.47 Å². The maximum Gasteiger partial charge on any atom is 0.253 e. The van der Waals surface area contributed by atoms with Crippen LogP contribution in [-0.4, -0.2) is 97.8 Å². The van der Waals surface area contributed by atoms with Crippen molar-refractivity contribution in [3.8, 4) is 0 Å². The normalized spacial score (nSPS) is 28.1. The van der Waals surface area contributed by atoms with Crippen LogP contribution in [0, 0.1) is 0 Å². The molecule has 1 N–H and O–H groups in total. The molecule has 4 aliphatic rings. The Morgan fingerprint density at radius 3 is 2.69 bits per heavy atom. The van der Waals surface area contributed by atoms with E-state index in [4.69, 9.17) is 9.47 Å². The summed E-state index contributed by atoms with van der Waals surface area (Å²) >= 11 is 0. The van der Waals surface area contributed by atoms with E-state index in [2.05, 4.69) is 62.3 Å². The molecule has 0 amide bonds. The number of hydrogen-bond acceptors (Lipinski definition) is 8. The quantitative estimate of drug-likeness (QED) is 0.536. The lowest BCUT2D eigenvalue weighted by Gasteiger charge is -2.45. The molecule has 9 heteroatoms. The molecule has 4 saturated heterocycles. The number of aryl methyl sites for hydroxylation is 1. The molecule has 3 aromatic rings. The monoisotopic (exact) mass is 530 g/mol. The largest absolute Gasteiger partial charge is 0.373 e. The zero-order valence-corrected chi connectivity index (χ0v) is 22.8. The highest BCUT2D eigenvalue weighted by Crippen LogP contribution is 2.32. The minimum Gasteiger partial charge on any atom is -0.373 e. The van der Waals surface area contributed by atoms with E-state index >= 15 is 0 Å². The molecule has 0 bridgehead atoms. The van der Waals surface area contributed by atoms with Crippen LogP contribution in [0.1, 0.15) is 18.4 Å². The second-order valence-electron chi connectivity index (χ2n) is 11.7. The van der Waals surface area contributed by atoms with E-state index in [0.29, 0.717) is 18.1 Å². The van der Waals surface area contributed by atoms with Gasteiger partial charge in [0.05, 0.1) is 36.6 Å². The van der Waals surface area contributed by atoms with Gasteiger partial charge in [0.25, 0.3) is 5.56 Å². The summed E-state index contributed by atoms with van der Waals surface area (Å²) in [4.78, 5) is 24.4. The van der Waals surface area contributed by atoms with Crippen LogP contribution in [0.4, 0.5) is 11.4 Å². The maximum absolute atomic E-state index is 12.7. The molecule has 0 saturated carbocycles. The summed E-state index contributed by atoms with van der Waals surface area (Å²) in [5.41, 5.74) is 4.36. The molecule has 1 aromatic carbocycles. The van der Waals surface area contributed by atoms with Gasteiger partial charge in [0.2, 0.25) is 0 Å². The molecule has 0 aliphatic carbocycles. The molecule has 6 heterocycles. The number of anilines is 2. The van der Waals surface area contributed by atoms with Crippen molar-refractivity contribution in [2.45, 2.75) is 37.2 Å². The van der Waals surface area contributed by atoms with Crippen molar-refractivity contribution in [2.24, 2.45) is 7.05 Å². The number of fused-ring (bicyclic) bond motifs is 2. The fraction of sp³-hybridized carbons (Fsp3) is 0.533. The number of hydrogen-bond donors (Lipinski definition) is 1. The Kier molecular flexibility index (Phi) is 6.55. The fourth-order valence-corrected chi connectivity index (χ4v) is 6.84. The number of pyridine rings is 2. The van der Waals surface area contributed by atoms with E-state index in [1.165, 1.54) is 11.3 Å². The topological polar surface area (TPSA) is 75.1 Å². The predicted molar refractivity (Wildman–Crippen MR) is 153 cm³/mol. The first-order valence-electron chi connectivity index (χ1n) is 14.3. The van der Waals surface area contributed by atoms with Crippen molar-refractivity contribution in [3.05, 3.63) is 64.6 Å². The summed E-state index contributed by atoms with van der Waals surface area (Å²) in [5, 5.41) is 4.60. The molecule has 4 fully saturated rings. The third-order valence-electron chi connectivity index (χ3n) is 8.89. The molecule has 0 radical (unpaired) electrons. The highest BCUT2D eigenvalue weighted by molar-refractivity contribution is 5.89. The SMILES string of the molecule is C[C@@H]1CN(c2cc(=O)n(C)c3ncccc23)C[C@H](CN2CC(c3ccc(N4C[C@H]5NCCO[C@@H]5C4)cc3)C2)O1. The van der Waals surface area contributed by atoms with Gasteiger partial charge < -0.3 is 24.6 Å². The first kappa shape index (κ1) is 25.0. The number of nitrogens with zero attached hydrogens (tertiary/aromatic N) is 5. The zero-order chi connectivity index (χ0) is 26.5. The van der Waals surface area contributed by atoms with Crippen LogP contribution in [0.2, 0.25) is 0 Å². The lowest BCUT2D eigenvalue weighted by atomic mass is 9.91. The number of likely N-dealkylation sites (tertiary alicyclic amines) is 1. The summed E-state index contributed by atoms with van der Waals surface area (Å²) in [6, 6.07) is 15.4. The second-order valence-corrected chi connectivity index (χ2v) is 11.7. The first-order valence-corrected chi connectivity index (χ1v) is 14.3. The number of rotatable bonds is 5. The standard InChI is InChI=1S/C30H38N6O3/c1-20-13-36(27-12-29(37)33(2)30-25(27)4-3-9-32-30)17-24(39-20)16-34-14-22(15-34)21-5-7-23(8-6-21)35-18-26-28(19-35)38-11-10-31-26/h3-9,12,20,22,24,26,28,31H,10-11,13-19H2,1-2H3/t20-,24+,26-,28-/m1/s1. The molecule has 2 aromatic heterocycles. The molecular weight excluding hydrogens is 492 g/mol. The van der Waals surface area contributed by atoms with Gasteiger partial charge in [0.15, 0.2) is 0 Å². The predicted octanol–water partition coefficient (Wildman–Crippen LogP) is 1.80. The van der Waals surface area contributed by atoms with E-state index in [1.54, 1.807) is 23.9 Å². The number of ether oxygens (including phenoxy) is 2. The Morgan fingerprint density at radius 2 is 1.87 bits per heavy atom. The minimum absolute atomic E-state index is 0.0309. The van der Waals surface area contributed by atoms with Gasteiger partial charge in [-0.3, -0.25) is 14.3 Å². The number of aromatic nitrogens is 2. The van der Waals surface area contributed by atoms with Gasteiger partial charge in [-0.05, 0) is 36.8 Å². The van der Waals surface area contributed by atoms with Gasteiger partial charge in [0.1, 0.15) is 5.65 Å². The Labute approximate surface area is 229 Å². The lowest BCUT2D eigenvalue weighted by molar-refractivity contribution is -0.0434. The molecule has 7 rings (SSSR count). The van der Waals surface area contributed by atoms with Crippen molar-refractivity contribution in [3.63, 3.8) is 0 Å². The van der Waals surface area contributed by atoms with Crippen LogP contribution in [0.5, 0.6) is 0 Å².